The number of carbonyl (C=O) groups is 4. The first-order chi connectivity index (χ1) is 14.2. The van der Waals surface area contributed by atoms with E-state index in [-0.39, 0.29) is 52.1 Å². The Hall–Kier alpha value is -2.20. The summed E-state index contributed by atoms with van der Waals surface area (Å²) in [5.41, 5.74) is -2.23. The maximum atomic E-state index is 11.7. The van der Waals surface area contributed by atoms with Gasteiger partial charge < -0.3 is 29.2 Å². The van der Waals surface area contributed by atoms with Crippen molar-refractivity contribution < 1.29 is 48.3 Å². The molecule has 0 saturated carbocycles. The molecule has 0 bridgehead atoms. The molecule has 0 amide bonds. The van der Waals surface area contributed by atoms with E-state index in [9.17, 15) is 29.4 Å². The van der Waals surface area contributed by atoms with Crippen molar-refractivity contribution in [2.75, 3.05) is 26.4 Å². The molecular weight excluding hydrogens is 400 g/mol. The van der Waals surface area contributed by atoms with Gasteiger partial charge in [0.05, 0.1) is 63.3 Å². The van der Waals surface area contributed by atoms with Crippen molar-refractivity contribution in [2.45, 2.75) is 75.4 Å². The monoisotopic (exact) mass is 430 g/mol. The second kappa shape index (κ2) is 11.3. The lowest BCUT2D eigenvalue weighted by atomic mass is 9.89. The van der Waals surface area contributed by atoms with E-state index >= 15 is 0 Å². The Bertz CT molecular complexity index is 579. The van der Waals surface area contributed by atoms with Crippen LogP contribution in [0.4, 0.5) is 0 Å². The van der Waals surface area contributed by atoms with E-state index in [1.165, 1.54) is 0 Å². The van der Waals surface area contributed by atoms with Crippen LogP contribution in [0.2, 0.25) is 0 Å². The smallest absolute Gasteiger partial charge is 0.308 e. The third-order valence-corrected chi connectivity index (χ3v) is 5.24. The lowest BCUT2D eigenvalue weighted by molar-refractivity contribution is -0.162. The molecule has 0 aromatic rings. The normalized spacial score (nSPS) is 26.5. The maximum Gasteiger partial charge on any atom is 0.308 e. The largest absolute Gasteiger partial charge is 0.466 e. The van der Waals surface area contributed by atoms with Gasteiger partial charge in [-0.3, -0.25) is 19.2 Å². The highest BCUT2D eigenvalue weighted by atomic mass is 16.5. The second-order valence-corrected chi connectivity index (χ2v) is 7.89. The van der Waals surface area contributed by atoms with Crippen molar-refractivity contribution in [2.24, 2.45) is 0 Å². The van der Waals surface area contributed by atoms with E-state index in [4.69, 9.17) is 18.9 Å². The van der Waals surface area contributed by atoms with E-state index in [2.05, 4.69) is 0 Å². The van der Waals surface area contributed by atoms with Crippen LogP contribution in [0.1, 0.15) is 64.2 Å². The van der Waals surface area contributed by atoms with Crippen LogP contribution in [0, 0.1) is 0 Å². The number of esters is 4. The Balaban J connectivity index is 1.49. The van der Waals surface area contributed by atoms with Gasteiger partial charge in [0.25, 0.3) is 0 Å². The second-order valence-electron chi connectivity index (χ2n) is 7.89. The molecule has 170 valence electrons. The van der Waals surface area contributed by atoms with Gasteiger partial charge in [-0.05, 0) is 25.7 Å². The fourth-order valence-corrected chi connectivity index (χ4v) is 3.48. The Morgan fingerprint density at radius 3 is 1.57 bits per heavy atom. The summed E-state index contributed by atoms with van der Waals surface area (Å²) in [6.07, 6.45) is 1.80. The van der Waals surface area contributed by atoms with Crippen LogP contribution >= 0.6 is 0 Å². The van der Waals surface area contributed by atoms with Crippen LogP contribution in [0.3, 0.4) is 0 Å². The quantitative estimate of drug-likeness (QED) is 0.271. The molecule has 2 heterocycles. The molecule has 2 aliphatic heterocycles. The molecule has 2 unspecified atom stereocenters. The average Bonchev–Trinajstić information content (AvgIpc) is 2.67. The average molecular weight is 430 g/mol. The topological polar surface area (TPSA) is 146 Å². The Labute approximate surface area is 174 Å². The van der Waals surface area contributed by atoms with Crippen molar-refractivity contribution in [1.82, 2.24) is 0 Å². The summed E-state index contributed by atoms with van der Waals surface area (Å²) < 4.78 is 19.6. The van der Waals surface area contributed by atoms with E-state index in [1.807, 2.05) is 0 Å². The molecule has 2 fully saturated rings. The zero-order valence-corrected chi connectivity index (χ0v) is 17.1. The SMILES string of the molecule is O=C(CCC(=O)OCCCC1(O)CCOC(=O)C1)OCCCC1(O)CCOC(=O)C1. The Morgan fingerprint density at radius 2 is 1.20 bits per heavy atom. The van der Waals surface area contributed by atoms with Crippen LogP contribution in [-0.2, 0) is 38.1 Å². The molecule has 30 heavy (non-hydrogen) atoms. The number of hydrogen-bond acceptors (Lipinski definition) is 10. The predicted molar refractivity (Wildman–Crippen MR) is 99.9 cm³/mol. The summed E-state index contributed by atoms with van der Waals surface area (Å²) >= 11 is 0. The lowest BCUT2D eigenvalue weighted by Crippen LogP contribution is -2.38. The van der Waals surface area contributed by atoms with Crippen molar-refractivity contribution in [3.8, 4) is 0 Å². The number of cyclic esters (lactones) is 2. The molecule has 10 nitrogen and oxygen atoms in total. The summed E-state index contributed by atoms with van der Waals surface area (Å²) in [5, 5.41) is 20.5. The summed E-state index contributed by atoms with van der Waals surface area (Å²) in [6, 6.07) is 0. The lowest BCUT2D eigenvalue weighted by Gasteiger charge is -2.30. The first-order valence-electron chi connectivity index (χ1n) is 10.3. The molecule has 0 spiro atoms. The molecule has 0 aromatic carbocycles. The molecule has 0 aromatic heterocycles. The van der Waals surface area contributed by atoms with Gasteiger partial charge in [-0.15, -0.1) is 0 Å². The standard InChI is InChI=1S/C20H30O10/c21-15(27-9-1-5-19(25)7-11-29-17(23)13-19)3-4-16(22)28-10-2-6-20(26)8-12-30-18(24)14-20/h25-26H,1-14H2. The molecule has 0 aliphatic carbocycles. The van der Waals surface area contributed by atoms with Gasteiger partial charge in [0.2, 0.25) is 0 Å². The van der Waals surface area contributed by atoms with Crippen molar-refractivity contribution >= 4 is 23.9 Å². The van der Waals surface area contributed by atoms with E-state index in [0.29, 0.717) is 38.5 Å². The fraction of sp³-hybridized carbons (Fsp3) is 0.800. The highest BCUT2D eigenvalue weighted by Crippen LogP contribution is 2.27. The minimum absolute atomic E-state index is 0.0612. The third kappa shape index (κ3) is 8.66. The Morgan fingerprint density at radius 1 is 0.800 bits per heavy atom. The van der Waals surface area contributed by atoms with Gasteiger partial charge in [0, 0.05) is 12.8 Å². The van der Waals surface area contributed by atoms with E-state index in [0.717, 1.165) is 0 Å². The fourth-order valence-electron chi connectivity index (χ4n) is 3.48. The van der Waals surface area contributed by atoms with Crippen molar-refractivity contribution in [3.63, 3.8) is 0 Å². The molecule has 2 saturated heterocycles. The minimum atomic E-state index is -1.11. The number of carbonyl (C=O) groups excluding carboxylic acids is 4. The third-order valence-electron chi connectivity index (χ3n) is 5.24. The first-order valence-corrected chi connectivity index (χ1v) is 10.3. The summed E-state index contributed by atoms with van der Waals surface area (Å²) in [5.74, 6) is -1.96. The van der Waals surface area contributed by atoms with Crippen LogP contribution < -0.4 is 0 Å². The van der Waals surface area contributed by atoms with Gasteiger partial charge in [0.1, 0.15) is 0 Å². The highest BCUT2D eigenvalue weighted by Gasteiger charge is 2.35. The summed E-state index contributed by atoms with van der Waals surface area (Å²) in [7, 11) is 0. The molecule has 2 rings (SSSR count). The van der Waals surface area contributed by atoms with Gasteiger partial charge in [-0.2, -0.15) is 0 Å². The zero-order valence-electron chi connectivity index (χ0n) is 17.1. The van der Waals surface area contributed by atoms with Crippen LogP contribution in [-0.4, -0.2) is 71.7 Å². The molecule has 10 heteroatoms. The number of ether oxygens (including phenoxy) is 4. The van der Waals surface area contributed by atoms with Crippen molar-refractivity contribution in [3.05, 3.63) is 0 Å². The molecule has 2 N–H and O–H groups in total. The van der Waals surface area contributed by atoms with E-state index in [1.54, 1.807) is 0 Å². The number of hydrogen-bond donors (Lipinski definition) is 2. The number of aliphatic hydroxyl groups is 2. The summed E-state index contributed by atoms with van der Waals surface area (Å²) in [6.45, 7) is 0.546. The summed E-state index contributed by atoms with van der Waals surface area (Å²) in [4.78, 5) is 45.9. The maximum absolute atomic E-state index is 11.7. The van der Waals surface area contributed by atoms with Gasteiger partial charge in [0.15, 0.2) is 0 Å². The van der Waals surface area contributed by atoms with Gasteiger partial charge in [-0.25, -0.2) is 0 Å². The van der Waals surface area contributed by atoms with E-state index < -0.39 is 35.1 Å². The molecule has 2 atom stereocenters. The number of rotatable bonds is 11. The molecule has 2 aliphatic rings. The molecule has 0 radical (unpaired) electrons. The first kappa shape index (κ1) is 24.1. The van der Waals surface area contributed by atoms with Gasteiger partial charge in [-0.1, -0.05) is 0 Å². The van der Waals surface area contributed by atoms with Gasteiger partial charge >= 0.3 is 23.9 Å². The van der Waals surface area contributed by atoms with Crippen LogP contribution in [0.5, 0.6) is 0 Å². The van der Waals surface area contributed by atoms with Crippen LogP contribution in [0.15, 0.2) is 0 Å². The zero-order chi connectivity index (χ0) is 22.0. The molecular formula is C20H30O10. The highest BCUT2D eigenvalue weighted by molar-refractivity contribution is 5.77. The predicted octanol–water partition coefficient (Wildman–Crippen LogP) is 0.550. The van der Waals surface area contributed by atoms with Crippen LogP contribution in [0.25, 0.3) is 0 Å². The minimum Gasteiger partial charge on any atom is -0.466 e. The Kier molecular flexibility index (Phi) is 9.04. The van der Waals surface area contributed by atoms with Crippen molar-refractivity contribution in [1.29, 1.82) is 0 Å².